The molecule has 0 unspecified atom stereocenters. The molecule has 5 nitrogen and oxygen atoms in total. The summed E-state index contributed by atoms with van der Waals surface area (Å²) in [5.74, 6) is -2.04. The van der Waals surface area contributed by atoms with E-state index in [-0.39, 0.29) is 11.2 Å². The molecule has 0 bridgehead atoms. The Morgan fingerprint density at radius 3 is 2.61 bits per heavy atom. The number of carbonyl (C=O) groups is 1. The fourth-order valence-electron chi connectivity index (χ4n) is 1.26. The molecule has 18 heavy (non-hydrogen) atoms. The fourth-order valence-corrected chi connectivity index (χ4v) is 1.26. The van der Waals surface area contributed by atoms with Crippen molar-refractivity contribution in [3.8, 4) is 12.3 Å². The largest absolute Gasteiger partial charge is 0.460 e. The number of ether oxygens (including phenoxy) is 1. The van der Waals surface area contributed by atoms with Gasteiger partial charge in [0.1, 0.15) is 0 Å². The number of esters is 1. The lowest BCUT2D eigenvalue weighted by atomic mass is 10.3. The number of hydrogen-bond acceptors (Lipinski definition) is 4. The third-order valence-corrected chi connectivity index (χ3v) is 1.87. The normalized spacial score (nSPS) is 11.1. The maximum absolute atomic E-state index is 12.8. The van der Waals surface area contributed by atoms with Gasteiger partial charge in [-0.05, 0) is 6.92 Å². The van der Waals surface area contributed by atoms with E-state index >= 15 is 0 Å². The lowest BCUT2D eigenvalue weighted by Crippen LogP contribution is -2.23. The first-order valence-electron chi connectivity index (χ1n) is 4.74. The van der Waals surface area contributed by atoms with Crippen LogP contribution in [-0.2, 0) is 17.5 Å². The molecule has 0 aliphatic carbocycles. The quantitative estimate of drug-likeness (QED) is 0.608. The second-order valence-electron chi connectivity index (χ2n) is 3.05. The van der Waals surface area contributed by atoms with Gasteiger partial charge < -0.3 is 9.15 Å². The lowest BCUT2D eigenvalue weighted by Gasteiger charge is -2.08. The van der Waals surface area contributed by atoms with Crippen molar-refractivity contribution in [3.63, 3.8) is 0 Å². The molecule has 0 aromatic carbocycles. The molecule has 0 amide bonds. The third kappa shape index (κ3) is 2.56. The smallest absolute Gasteiger partial charge is 0.435 e. The molecular weight excluding hydrogens is 255 g/mol. The van der Waals surface area contributed by atoms with Gasteiger partial charge in [-0.2, -0.15) is 13.2 Å². The average Bonchev–Trinajstić information content (AvgIpc) is 2.57. The fraction of sp³-hybridized carbons (Fsp3) is 0.400. The number of oxazole rings is 1. The van der Waals surface area contributed by atoms with E-state index in [2.05, 4.69) is 9.15 Å². The van der Waals surface area contributed by atoms with Crippen LogP contribution in [0.5, 0.6) is 0 Å². The van der Waals surface area contributed by atoms with Crippen LogP contribution in [0.2, 0.25) is 0 Å². The van der Waals surface area contributed by atoms with Crippen molar-refractivity contribution in [2.75, 3.05) is 6.61 Å². The minimum absolute atomic E-state index is 0.153. The topological polar surface area (TPSA) is 61.4 Å². The lowest BCUT2D eigenvalue weighted by molar-refractivity contribution is -0.144. The number of terminal acetylenes is 1. The first kappa shape index (κ1) is 13.9. The molecule has 0 aliphatic rings. The number of rotatable bonds is 3. The summed E-state index contributed by atoms with van der Waals surface area (Å²) in [7, 11) is 0. The van der Waals surface area contributed by atoms with Crippen LogP contribution in [0.4, 0.5) is 13.2 Å². The number of hydrogen-bond donors (Lipinski definition) is 0. The number of alkyl halides is 3. The van der Waals surface area contributed by atoms with E-state index in [4.69, 9.17) is 6.42 Å². The van der Waals surface area contributed by atoms with Crippen LogP contribution in [0.15, 0.2) is 9.21 Å². The maximum Gasteiger partial charge on any atom is 0.435 e. The van der Waals surface area contributed by atoms with Gasteiger partial charge in [0.2, 0.25) is 5.76 Å². The maximum atomic E-state index is 12.8. The van der Waals surface area contributed by atoms with E-state index in [0.29, 0.717) is 0 Å². The second kappa shape index (κ2) is 5.00. The summed E-state index contributed by atoms with van der Waals surface area (Å²) in [6.07, 6.45) is -0.103. The van der Waals surface area contributed by atoms with Gasteiger partial charge in [-0.15, -0.1) is 6.42 Å². The summed E-state index contributed by atoms with van der Waals surface area (Å²) < 4.78 is 47.0. The molecule has 8 heteroatoms. The molecule has 98 valence electrons. The molecule has 1 aromatic heterocycles. The Morgan fingerprint density at radius 1 is 1.56 bits per heavy atom. The van der Waals surface area contributed by atoms with Crippen LogP contribution < -0.4 is 5.76 Å². The van der Waals surface area contributed by atoms with Crippen molar-refractivity contribution in [1.82, 2.24) is 4.57 Å². The molecule has 0 aliphatic heterocycles. The van der Waals surface area contributed by atoms with Gasteiger partial charge in [-0.3, -0.25) is 4.57 Å². The first-order chi connectivity index (χ1) is 8.32. The second-order valence-corrected chi connectivity index (χ2v) is 3.05. The van der Waals surface area contributed by atoms with Gasteiger partial charge >= 0.3 is 17.9 Å². The highest BCUT2D eigenvalue weighted by atomic mass is 19.4. The van der Waals surface area contributed by atoms with Crippen molar-refractivity contribution in [3.05, 3.63) is 22.0 Å². The van der Waals surface area contributed by atoms with Crippen LogP contribution >= 0.6 is 0 Å². The minimum Gasteiger partial charge on any atom is -0.460 e. The number of halogens is 3. The predicted octanol–water partition coefficient (Wildman–Crippen LogP) is 1.27. The summed E-state index contributed by atoms with van der Waals surface area (Å²) in [6.45, 7) is 0.596. The predicted molar refractivity (Wildman–Crippen MR) is 52.8 cm³/mol. The Labute approximate surface area is 99.1 Å². The summed E-state index contributed by atoms with van der Waals surface area (Å²) in [6, 6.07) is 0. The van der Waals surface area contributed by atoms with Gasteiger partial charge in [0.25, 0.3) is 0 Å². The van der Waals surface area contributed by atoms with Gasteiger partial charge in [0, 0.05) is 0 Å². The van der Waals surface area contributed by atoms with E-state index in [0.717, 1.165) is 0 Å². The summed E-state index contributed by atoms with van der Waals surface area (Å²) in [5.41, 5.74) is -1.54. The van der Waals surface area contributed by atoms with Crippen LogP contribution in [0.25, 0.3) is 0 Å². The zero-order chi connectivity index (χ0) is 13.9. The molecule has 1 rings (SSSR count). The number of nitrogens with zero attached hydrogens (tertiary/aromatic N) is 1. The zero-order valence-corrected chi connectivity index (χ0v) is 9.21. The van der Waals surface area contributed by atoms with Crippen molar-refractivity contribution in [2.24, 2.45) is 0 Å². The Morgan fingerprint density at radius 2 is 2.17 bits per heavy atom. The molecule has 0 saturated heterocycles. The SMILES string of the molecule is C#CCn1c(C(F)(F)F)c(C(=O)OCC)oc1=O. The Bertz CT molecular complexity index is 547. The number of aromatic nitrogens is 1. The third-order valence-electron chi connectivity index (χ3n) is 1.87. The van der Waals surface area contributed by atoms with Crippen molar-refractivity contribution < 1.29 is 27.1 Å². The number of carbonyl (C=O) groups excluding carboxylic acids is 1. The summed E-state index contributed by atoms with van der Waals surface area (Å²) >= 11 is 0. The average molecular weight is 263 g/mol. The van der Waals surface area contributed by atoms with Gasteiger partial charge in [0.05, 0.1) is 13.2 Å². The van der Waals surface area contributed by atoms with Crippen molar-refractivity contribution in [2.45, 2.75) is 19.6 Å². The van der Waals surface area contributed by atoms with Crippen molar-refractivity contribution in [1.29, 1.82) is 0 Å². The Kier molecular flexibility index (Phi) is 3.86. The molecule has 0 radical (unpaired) electrons. The molecule has 0 fully saturated rings. The molecule has 0 atom stereocenters. The summed E-state index contributed by atoms with van der Waals surface area (Å²) in [4.78, 5) is 22.5. The minimum atomic E-state index is -4.95. The van der Waals surface area contributed by atoms with Gasteiger partial charge in [-0.25, -0.2) is 9.59 Å². The molecule has 0 spiro atoms. The van der Waals surface area contributed by atoms with Crippen LogP contribution in [0.1, 0.15) is 23.2 Å². The van der Waals surface area contributed by atoms with Crippen molar-refractivity contribution >= 4 is 5.97 Å². The molecule has 1 heterocycles. The Hall–Kier alpha value is -2.17. The zero-order valence-electron chi connectivity index (χ0n) is 9.21. The summed E-state index contributed by atoms with van der Waals surface area (Å²) in [5, 5.41) is 0. The van der Waals surface area contributed by atoms with E-state index < -0.39 is 35.9 Å². The molecule has 0 saturated carbocycles. The highest BCUT2D eigenvalue weighted by Gasteiger charge is 2.43. The molecule has 0 N–H and O–H groups in total. The standard InChI is InChI=1S/C10H8F3NO4/c1-3-5-14-7(10(11,12)13)6(18-9(14)16)8(15)17-4-2/h1H,4-5H2,2H3. The van der Waals surface area contributed by atoms with Gasteiger partial charge in [-0.1, -0.05) is 5.92 Å². The van der Waals surface area contributed by atoms with E-state index in [1.54, 1.807) is 0 Å². The molecular formula is C10H8F3NO4. The Balaban J connectivity index is 3.45. The first-order valence-corrected chi connectivity index (χ1v) is 4.74. The van der Waals surface area contributed by atoms with E-state index in [1.165, 1.54) is 6.92 Å². The van der Waals surface area contributed by atoms with E-state index in [9.17, 15) is 22.8 Å². The van der Waals surface area contributed by atoms with Crippen LogP contribution in [-0.4, -0.2) is 17.1 Å². The van der Waals surface area contributed by atoms with E-state index in [1.807, 2.05) is 5.92 Å². The van der Waals surface area contributed by atoms with Crippen LogP contribution in [0.3, 0.4) is 0 Å². The van der Waals surface area contributed by atoms with Crippen LogP contribution in [0, 0.1) is 12.3 Å². The monoisotopic (exact) mass is 263 g/mol. The highest BCUT2D eigenvalue weighted by Crippen LogP contribution is 2.31. The van der Waals surface area contributed by atoms with Gasteiger partial charge in [0.15, 0.2) is 5.69 Å². The highest BCUT2D eigenvalue weighted by molar-refractivity contribution is 5.87. The molecule has 1 aromatic rings.